The molecule has 19 heavy (non-hydrogen) atoms. The van der Waals surface area contributed by atoms with Gasteiger partial charge in [-0.1, -0.05) is 5.16 Å². The van der Waals surface area contributed by atoms with E-state index in [2.05, 4.69) is 15.5 Å². The number of halogens is 2. The molecule has 0 atom stereocenters. The third-order valence-corrected chi connectivity index (χ3v) is 2.31. The van der Waals surface area contributed by atoms with Crippen molar-refractivity contribution < 1.29 is 18.1 Å². The third-order valence-electron chi connectivity index (χ3n) is 2.31. The van der Waals surface area contributed by atoms with Gasteiger partial charge in [0.1, 0.15) is 11.6 Å². The maximum atomic E-state index is 13.4. The average molecular weight is 268 g/mol. The number of anilines is 1. The highest BCUT2D eigenvalue weighted by atomic mass is 19.1. The van der Waals surface area contributed by atoms with Crippen molar-refractivity contribution >= 4 is 11.6 Å². The third kappa shape index (κ3) is 2.84. The van der Waals surface area contributed by atoms with Crippen molar-refractivity contribution in [3.63, 3.8) is 0 Å². The highest BCUT2D eigenvalue weighted by Crippen LogP contribution is 2.16. The van der Waals surface area contributed by atoms with Crippen molar-refractivity contribution in [1.82, 2.24) is 15.5 Å². The van der Waals surface area contributed by atoms with E-state index in [1.54, 1.807) is 6.92 Å². The van der Waals surface area contributed by atoms with Crippen molar-refractivity contribution in [2.75, 3.05) is 5.73 Å². The van der Waals surface area contributed by atoms with E-state index in [-0.39, 0.29) is 23.6 Å². The molecular formula is C11H10F2N4O2. The fraction of sp³-hybridized carbons (Fsp3) is 0.182. The van der Waals surface area contributed by atoms with Crippen LogP contribution >= 0.6 is 0 Å². The van der Waals surface area contributed by atoms with Gasteiger partial charge in [-0.25, -0.2) is 8.78 Å². The Hall–Kier alpha value is -2.51. The predicted molar refractivity (Wildman–Crippen MR) is 61.0 cm³/mol. The fourth-order valence-corrected chi connectivity index (χ4v) is 1.41. The van der Waals surface area contributed by atoms with Crippen molar-refractivity contribution in [2.45, 2.75) is 13.5 Å². The van der Waals surface area contributed by atoms with Crippen molar-refractivity contribution in [3.8, 4) is 0 Å². The number of hydrogen-bond donors (Lipinski definition) is 2. The summed E-state index contributed by atoms with van der Waals surface area (Å²) in [7, 11) is 0. The molecule has 0 fully saturated rings. The number of nitrogens with zero attached hydrogens (tertiary/aromatic N) is 2. The number of benzene rings is 1. The number of aromatic nitrogens is 2. The lowest BCUT2D eigenvalue weighted by atomic mass is 10.1. The second kappa shape index (κ2) is 5.01. The molecule has 1 aromatic carbocycles. The van der Waals surface area contributed by atoms with Crippen LogP contribution < -0.4 is 11.1 Å². The lowest BCUT2D eigenvalue weighted by Crippen LogP contribution is -2.24. The van der Waals surface area contributed by atoms with Crippen LogP contribution in [-0.2, 0) is 6.54 Å². The number of aryl methyl sites for hydroxylation is 1. The first-order valence-corrected chi connectivity index (χ1v) is 5.29. The lowest BCUT2D eigenvalue weighted by Gasteiger charge is -2.05. The molecule has 6 nitrogen and oxygen atoms in total. The van der Waals surface area contributed by atoms with Crippen LogP contribution in [-0.4, -0.2) is 16.0 Å². The Labute approximate surface area is 106 Å². The van der Waals surface area contributed by atoms with Crippen molar-refractivity contribution in [1.29, 1.82) is 0 Å². The molecule has 0 unspecified atom stereocenters. The van der Waals surface area contributed by atoms with E-state index >= 15 is 0 Å². The number of rotatable bonds is 3. The molecule has 0 spiro atoms. The molecule has 0 aliphatic carbocycles. The Bertz CT molecular complexity index is 627. The molecule has 1 heterocycles. The zero-order valence-electron chi connectivity index (χ0n) is 9.91. The van der Waals surface area contributed by atoms with Crippen LogP contribution in [0.5, 0.6) is 0 Å². The minimum Gasteiger partial charge on any atom is -0.396 e. The van der Waals surface area contributed by atoms with E-state index in [9.17, 15) is 13.6 Å². The summed E-state index contributed by atoms with van der Waals surface area (Å²) >= 11 is 0. The molecule has 0 radical (unpaired) electrons. The molecule has 2 aromatic rings. The largest absolute Gasteiger partial charge is 0.396 e. The monoisotopic (exact) mass is 268 g/mol. The molecule has 0 saturated carbocycles. The summed E-state index contributed by atoms with van der Waals surface area (Å²) in [5.74, 6) is -2.05. The zero-order chi connectivity index (χ0) is 14.0. The van der Waals surface area contributed by atoms with Gasteiger partial charge in [0.2, 0.25) is 5.89 Å². The first-order chi connectivity index (χ1) is 8.97. The molecule has 0 aliphatic heterocycles. The molecule has 2 rings (SSSR count). The van der Waals surface area contributed by atoms with Crippen LogP contribution in [0.25, 0.3) is 0 Å². The summed E-state index contributed by atoms with van der Waals surface area (Å²) in [5.41, 5.74) is 4.62. The quantitative estimate of drug-likeness (QED) is 0.815. The highest BCUT2D eigenvalue weighted by molar-refractivity contribution is 5.95. The van der Waals surface area contributed by atoms with E-state index in [4.69, 9.17) is 10.3 Å². The standard InChI is InChI=1S/C11H10F2N4O2/c1-5-16-10(17-19-5)4-15-11(18)6-2-9(14)8(13)3-7(6)12/h2-3H,4,14H2,1H3,(H,15,18). The number of nitrogens with two attached hydrogens (primary N) is 1. The van der Waals surface area contributed by atoms with Gasteiger partial charge in [0.05, 0.1) is 17.8 Å². The lowest BCUT2D eigenvalue weighted by molar-refractivity contribution is 0.0945. The number of nitrogen functional groups attached to an aromatic ring is 1. The molecule has 1 amide bonds. The summed E-state index contributed by atoms with van der Waals surface area (Å²) in [4.78, 5) is 15.6. The number of hydrogen-bond acceptors (Lipinski definition) is 5. The van der Waals surface area contributed by atoms with Crippen LogP contribution in [0.15, 0.2) is 16.7 Å². The van der Waals surface area contributed by atoms with Crippen LogP contribution in [0.3, 0.4) is 0 Å². The highest BCUT2D eigenvalue weighted by Gasteiger charge is 2.15. The minimum atomic E-state index is -0.992. The average Bonchev–Trinajstić information content (AvgIpc) is 2.77. The summed E-state index contributed by atoms with van der Waals surface area (Å²) in [5, 5.41) is 5.93. The predicted octanol–water partition coefficient (Wildman–Crippen LogP) is 1.17. The van der Waals surface area contributed by atoms with Crippen LogP contribution in [0.4, 0.5) is 14.5 Å². The van der Waals surface area contributed by atoms with Crippen LogP contribution in [0.1, 0.15) is 22.1 Å². The van der Waals surface area contributed by atoms with Crippen LogP contribution in [0, 0.1) is 18.6 Å². The maximum Gasteiger partial charge on any atom is 0.254 e. The summed E-state index contributed by atoms with van der Waals surface area (Å²) < 4.78 is 31.1. The van der Waals surface area contributed by atoms with Crippen LogP contribution in [0.2, 0.25) is 0 Å². The summed E-state index contributed by atoms with van der Waals surface area (Å²) in [6.07, 6.45) is 0. The number of nitrogens with one attached hydrogen (secondary N) is 1. The van der Waals surface area contributed by atoms with E-state index in [1.165, 1.54) is 0 Å². The number of carbonyl (C=O) groups excluding carboxylic acids is 1. The molecular weight excluding hydrogens is 258 g/mol. The van der Waals surface area contributed by atoms with E-state index in [0.29, 0.717) is 12.0 Å². The SMILES string of the molecule is Cc1nc(CNC(=O)c2cc(N)c(F)cc2F)no1. The van der Waals surface area contributed by atoms with E-state index < -0.39 is 17.5 Å². The summed E-state index contributed by atoms with van der Waals surface area (Å²) in [6.45, 7) is 1.56. The van der Waals surface area contributed by atoms with Crippen molar-refractivity contribution in [3.05, 3.63) is 41.0 Å². The van der Waals surface area contributed by atoms with Gasteiger partial charge in [0, 0.05) is 13.0 Å². The fourth-order valence-electron chi connectivity index (χ4n) is 1.41. The van der Waals surface area contributed by atoms with E-state index in [0.717, 1.165) is 6.07 Å². The molecule has 8 heteroatoms. The van der Waals surface area contributed by atoms with Gasteiger partial charge >= 0.3 is 0 Å². The first kappa shape index (κ1) is 12.9. The molecule has 0 bridgehead atoms. The van der Waals surface area contributed by atoms with Gasteiger partial charge in [-0.2, -0.15) is 4.98 Å². The maximum absolute atomic E-state index is 13.4. The Kier molecular flexibility index (Phi) is 3.41. The van der Waals surface area contributed by atoms with Crippen molar-refractivity contribution in [2.24, 2.45) is 0 Å². The van der Waals surface area contributed by atoms with Gasteiger partial charge in [-0.15, -0.1) is 0 Å². The smallest absolute Gasteiger partial charge is 0.254 e. The second-order valence-electron chi connectivity index (χ2n) is 3.77. The molecule has 0 saturated heterocycles. The second-order valence-corrected chi connectivity index (χ2v) is 3.77. The normalized spacial score (nSPS) is 10.5. The van der Waals surface area contributed by atoms with Gasteiger partial charge in [0.15, 0.2) is 5.82 Å². The van der Waals surface area contributed by atoms with Gasteiger partial charge in [-0.05, 0) is 6.07 Å². The Balaban J connectivity index is 2.10. The van der Waals surface area contributed by atoms with Gasteiger partial charge in [-0.3, -0.25) is 4.79 Å². The topological polar surface area (TPSA) is 94.0 Å². The van der Waals surface area contributed by atoms with Gasteiger partial charge in [0.25, 0.3) is 5.91 Å². The first-order valence-electron chi connectivity index (χ1n) is 5.29. The number of carbonyl (C=O) groups is 1. The number of amides is 1. The molecule has 0 aliphatic rings. The Morgan fingerprint density at radius 2 is 2.16 bits per heavy atom. The molecule has 1 aromatic heterocycles. The molecule has 100 valence electrons. The Morgan fingerprint density at radius 1 is 1.42 bits per heavy atom. The summed E-state index contributed by atoms with van der Waals surface area (Å²) in [6, 6.07) is 1.49. The molecule has 3 N–H and O–H groups in total. The zero-order valence-corrected chi connectivity index (χ0v) is 9.91. The minimum absolute atomic E-state index is 0.0348. The van der Waals surface area contributed by atoms with E-state index in [1.807, 2.05) is 0 Å². The van der Waals surface area contributed by atoms with Gasteiger partial charge < -0.3 is 15.6 Å². The Morgan fingerprint density at radius 3 is 2.79 bits per heavy atom.